The normalized spacial score (nSPS) is 11.0. The molecule has 0 N–H and O–H groups in total. The van der Waals surface area contributed by atoms with Crippen molar-refractivity contribution in [2.45, 2.75) is 13.8 Å². The van der Waals surface area contributed by atoms with E-state index in [2.05, 4.69) is 4.99 Å². The molecule has 0 bridgehead atoms. The molecule has 2 nitrogen and oxygen atoms in total. The van der Waals surface area contributed by atoms with Gasteiger partial charge in [0.15, 0.2) is 0 Å². The summed E-state index contributed by atoms with van der Waals surface area (Å²) in [5.74, 6) is 0.685. The Morgan fingerprint density at radius 1 is 1.15 bits per heavy atom. The third kappa shape index (κ3) is 3.53. The van der Waals surface area contributed by atoms with Gasteiger partial charge in [-0.15, -0.1) is 0 Å². The molecule has 0 atom stereocenters. The number of hydrogen-bond donors (Lipinski definition) is 0. The zero-order valence-electron chi connectivity index (χ0n) is 11.4. The van der Waals surface area contributed by atoms with Crippen molar-refractivity contribution in [2.75, 3.05) is 6.61 Å². The second kappa shape index (κ2) is 6.78. The molecule has 0 heterocycles. The van der Waals surface area contributed by atoms with Crippen molar-refractivity contribution in [2.24, 2.45) is 4.99 Å². The quantitative estimate of drug-likeness (QED) is 0.688. The van der Waals surface area contributed by atoms with Gasteiger partial charge in [-0.1, -0.05) is 29.3 Å². The molecule has 0 fully saturated rings. The molecule has 2 aromatic carbocycles. The van der Waals surface area contributed by atoms with Gasteiger partial charge in [-0.2, -0.15) is 0 Å². The van der Waals surface area contributed by atoms with Crippen LogP contribution in [0, 0.1) is 6.92 Å². The van der Waals surface area contributed by atoms with Gasteiger partial charge in [0.2, 0.25) is 0 Å². The van der Waals surface area contributed by atoms with Crippen LogP contribution in [0.15, 0.2) is 41.4 Å². The maximum atomic E-state index is 6.14. The van der Waals surface area contributed by atoms with Gasteiger partial charge in [-0.05, 0) is 55.3 Å². The Balaban J connectivity index is 2.23. The number of nitrogens with zero attached hydrogens (tertiary/aromatic N) is 1. The van der Waals surface area contributed by atoms with E-state index in [1.54, 1.807) is 6.21 Å². The van der Waals surface area contributed by atoms with Crippen molar-refractivity contribution in [3.63, 3.8) is 0 Å². The zero-order chi connectivity index (χ0) is 14.5. The van der Waals surface area contributed by atoms with Crippen LogP contribution < -0.4 is 4.74 Å². The largest absolute Gasteiger partial charge is 0.492 e. The van der Waals surface area contributed by atoms with Crippen molar-refractivity contribution < 1.29 is 4.74 Å². The van der Waals surface area contributed by atoms with Crippen LogP contribution >= 0.6 is 23.2 Å². The highest BCUT2D eigenvalue weighted by Gasteiger charge is 2.02. The molecule has 0 unspecified atom stereocenters. The van der Waals surface area contributed by atoms with E-state index in [1.807, 2.05) is 50.2 Å². The van der Waals surface area contributed by atoms with Crippen LogP contribution in [0.1, 0.15) is 18.1 Å². The van der Waals surface area contributed by atoms with Gasteiger partial charge in [0.05, 0.1) is 17.3 Å². The summed E-state index contributed by atoms with van der Waals surface area (Å²) in [6.45, 7) is 4.46. The molecule has 0 aliphatic heterocycles. The maximum absolute atomic E-state index is 6.14. The molecule has 0 aromatic heterocycles. The molecule has 0 radical (unpaired) electrons. The Kier molecular flexibility index (Phi) is 5.05. The van der Waals surface area contributed by atoms with Crippen LogP contribution in [0.3, 0.4) is 0 Å². The van der Waals surface area contributed by atoms with Crippen molar-refractivity contribution in [1.29, 1.82) is 0 Å². The second-order valence-electron chi connectivity index (χ2n) is 4.27. The van der Waals surface area contributed by atoms with Crippen molar-refractivity contribution in [3.05, 3.63) is 57.6 Å². The molecular weight excluding hydrogens is 293 g/mol. The van der Waals surface area contributed by atoms with Gasteiger partial charge in [0, 0.05) is 11.2 Å². The number of halogens is 2. The Morgan fingerprint density at radius 3 is 2.65 bits per heavy atom. The number of ether oxygens (including phenoxy) is 1. The molecule has 0 saturated carbocycles. The number of hydrogen-bond acceptors (Lipinski definition) is 2. The average molecular weight is 308 g/mol. The Hall–Kier alpha value is -1.51. The zero-order valence-corrected chi connectivity index (χ0v) is 12.9. The first-order valence-electron chi connectivity index (χ1n) is 6.33. The first kappa shape index (κ1) is 14.9. The summed E-state index contributed by atoms with van der Waals surface area (Å²) in [5.41, 5.74) is 2.72. The van der Waals surface area contributed by atoms with Gasteiger partial charge in [0.1, 0.15) is 5.75 Å². The minimum absolute atomic E-state index is 0.582. The topological polar surface area (TPSA) is 21.6 Å². The number of rotatable bonds is 4. The van der Waals surface area contributed by atoms with Crippen LogP contribution in [-0.4, -0.2) is 12.8 Å². The first-order valence-corrected chi connectivity index (χ1v) is 7.09. The summed E-state index contributed by atoms with van der Waals surface area (Å²) in [7, 11) is 0. The van der Waals surface area contributed by atoms with Crippen LogP contribution in [0.5, 0.6) is 5.75 Å². The molecule has 0 aliphatic carbocycles. The summed E-state index contributed by atoms with van der Waals surface area (Å²) in [6, 6.07) is 11.2. The lowest BCUT2D eigenvalue weighted by Gasteiger charge is -2.06. The van der Waals surface area contributed by atoms with Gasteiger partial charge >= 0.3 is 0 Å². The van der Waals surface area contributed by atoms with E-state index in [1.165, 1.54) is 0 Å². The minimum atomic E-state index is 0.582. The van der Waals surface area contributed by atoms with E-state index >= 15 is 0 Å². The third-order valence-electron chi connectivity index (χ3n) is 2.85. The highest BCUT2D eigenvalue weighted by Crippen LogP contribution is 2.27. The smallest absolute Gasteiger partial charge is 0.137 e. The van der Waals surface area contributed by atoms with E-state index in [0.29, 0.717) is 22.4 Å². The third-order valence-corrected chi connectivity index (χ3v) is 3.55. The van der Waals surface area contributed by atoms with Gasteiger partial charge < -0.3 is 4.74 Å². The second-order valence-corrected chi connectivity index (χ2v) is 5.08. The molecule has 0 saturated heterocycles. The van der Waals surface area contributed by atoms with E-state index in [9.17, 15) is 0 Å². The van der Waals surface area contributed by atoms with Gasteiger partial charge in [-0.25, -0.2) is 0 Å². The number of benzene rings is 2. The predicted molar refractivity (Wildman–Crippen MR) is 86.1 cm³/mol. The Morgan fingerprint density at radius 2 is 1.95 bits per heavy atom. The SMILES string of the molecule is CCOc1ccc(C=Nc2cccc(Cl)c2C)cc1Cl. The van der Waals surface area contributed by atoms with E-state index < -0.39 is 0 Å². The van der Waals surface area contributed by atoms with Crippen molar-refractivity contribution >= 4 is 35.1 Å². The molecule has 0 aliphatic rings. The maximum Gasteiger partial charge on any atom is 0.137 e. The predicted octanol–water partition coefficient (Wildman–Crippen LogP) is 5.45. The van der Waals surface area contributed by atoms with E-state index in [0.717, 1.165) is 16.8 Å². The van der Waals surface area contributed by atoms with Crippen molar-refractivity contribution in [3.8, 4) is 5.75 Å². The molecule has 20 heavy (non-hydrogen) atoms. The van der Waals surface area contributed by atoms with Crippen LogP contribution in [-0.2, 0) is 0 Å². The lowest BCUT2D eigenvalue weighted by molar-refractivity contribution is 0.340. The fraction of sp³-hybridized carbons (Fsp3) is 0.188. The Labute approximate surface area is 129 Å². The first-order chi connectivity index (χ1) is 9.61. The van der Waals surface area contributed by atoms with Gasteiger partial charge in [0.25, 0.3) is 0 Å². The lowest BCUT2D eigenvalue weighted by Crippen LogP contribution is -1.92. The number of aliphatic imine (C=N–C) groups is 1. The fourth-order valence-corrected chi connectivity index (χ4v) is 2.16. The van der Waals surface area contributed by atoms with E-state index in [-0.39, 0.29) is 0 Å². The van der Waals surface area contributed by atoms with Crippen molar-refractivity contribution in [1.82, 2.24) is 0 Å². The monoisotopic (exact) mass is 307 g/mol. The summed E-state index contributed by atoms with van der Waals surface area (Å²) >= 11 is 12.2. The van der Waals surface area contributed by atoms with Crippen LogP contribution in [0.2, 0.25) is 10.0 Å². The summed E-state index contributed by atoms with van der Waals surface area (Å²) in [6.07, 6.45) is 1.76. The van der Waals surface area contributed by atoms with Crippen LogP contribution in [0.25, 0.3) is 0 Å². The fourth-order valence-electron chi connectivity index (χ4n) is 1.75. The van der Waals surface area contributed by atoms with E-state index in [4.69, 9.17) is 27.9 Å². The summed E-state index contributed by atoms with van der Waals surface area (Å²) in [5, 5.41) is 1.29. The molecular formula is C16H15Cl2NO. The standard InChI is InChI=1S/C16H15Cl2NO/c1-3-20-16-8-7-12(9-14(16)18)10-19-15-6-4-5-13(17)11(15)2/h4-10H,3H2,1-2H3. The molecule has 0 amide bonds. The lowest BCUT2D eigenvalue weighted by atomic mass is 10.2. The summed E-state index contributed by atoms with van der Waals surface area (Å²) < 4.78 is 5.40. The molecule has 2 rings (SSSR count). The summed E-state index contributed by atoms with van der Waals surface area (Å²) in [4.78, 5) is 4.44. The van der Waals surface area contributed by atoms with Gasteiger partial charge in [-0.3, -0.25) is 4.99 Å². The molecule has 2 aromatic rings. The molecule has 4 heteroatoms. The molecule has 0 spiro atoms. The highest BCUT2D eigenvalue weighted by molar-refractivity contribution is 6.32. The Bertz CT molecular complexity index is 638. The van der Waals surface area contributed by atoms with Crippen LogP contribution in [0.4, 0.5) is 5.69 Å². The minimum Gasteiger partial charge on any atom is -0.492 e. The molecule has 104 valence electrons. The highest BCUT2D eigenvalue weighted by atomic mass is 35.5. The average Bonchev–Trinajstić information content (AvgIpc) is 2.43.